The van der Waals surface area contributed by atoms with Gasteiger partial charge in [-0.3, -0.25) is 9.89 Å². The van der Waals surface area contributed by atoms with Gasteiger partial charge in [0.25, 0.3) is 5.91 Å². The first kappa shape index (κ1) is 14.7. The van der Waals surface area contributed by atoms with Gasteiger partial charge in [-0.1, -0.05) is 18.2 Å². The monoisotopic (exact) mass is 315 g/mol. The van der Waals surface area contributed by atoms with Crippen LogP contribution in [0.3, 0.4) is 0 Å². The van der Waals surface area contributed by atoms with Gasteiger partial charge in [0.2, 0.25) is 0 Å². The molecule has 2 N–H and O–H groups in total. The number of aryl methyl sites for hydroxylation is 1. The molecule has 5 nitrogen and oxygen atoms in total. The first-order valence-corrected chi connectivity index (χ1v) is 8.37. The van der Waals surface area contributed by atoms with Crippen LogP contribution in [0.15, 0.2) is 34.7 Å². The predicted octanol–water partition coefficient (Wildman–Crippen LogP) is 3.26. The second-order valence-electron chi connectivity index (χ2n) is 5.06. The molecule has 0 fully saturated rings. The number of thioether (sulfide) groups is 1. The molecule has 2 heterocycles. The Hall–Kier alpha value is -2.21. The number of carbonyl (C=O) groups is 1. The number of amides is 1. The summed E-state index contributed by atoms with van der Waals surface area (Å²) >= 11 is 1.67. The molecule has 3 rings (SSSR count). The van der Waals surface area contributed by atoms with Crippen LogP contribution in [0, 0.1) is 6.92 Å². The van der Waals surface area contributed by atoms with Crippen molar-refractivity contribution < 1.29 is 9.21 Å². The topological polar surface area (TPSA) is 70.9 Å². The van der Waals surface area contributed by atoms with Gasteiger partial charge in [-0.25, -0.2) is 0 Å². The van der Waals surface area contributed by atoms with E-state index in [2.05, 4.69) is 15.5 Å². The molecule has 0 aliphatic heterocycles. The molecular weight excluding hydrogens is 298 g/mol. The molecule has 114 valence electrons. The Bertz CT molecular complexity index is 807. The minimum Gasteiger partial charge on any atom is -0.451 e. The summed E-state index contributed by atoms with van der Waals surface area (Å²) in [5, 5.41) is 10.8. The van der Waals surface area contributed by atoms with Crippen LogP contribution in [0.1, 0.15) is 27.5 Å². The fraction of sp³-hybridized carbons (Fsp3) is 0.250. The Labute approximate surface area is 132 Å². The average molecular weight is 315 g/mol. The van der Waals surface area contributed by atoms with Gasteiger partial charge in [0.1, 0.15) is 5.58 Å². The van der Waals surface area contributed by atoms with Crippen molar-refractivity contribution in [2.24, 2.45) is 0 Å². The van der Waals surface area contributed by atoms with E-state index in [4.69, 9.17) is 4.42 Å². The van der Waals surface area contributed by atoms with Crippen LogP contribution < -0.4 is 5.32 Å². The molecule has 0 bridgehead atoms. The number of aromatic amines is 1. The lowest BCUT2D eigenvalue weighted by Gasteiger charge is -2.03. The van der Waals surface area contributed by atoms with Gasteiger partial charge in [0, 0.05) is 22.4 Å². The number of aromatic nitrogens is 2. The standard InChI is InChI=1S/C16H17N3O2S/c1-10-7-11(19-18-10)8-17-16(20)15-13(9-22-2)12-5-3-4-6-14(12)21-15/h3-7H,8-9H2,1-2H3,(H,17,20)(H,18,19). The molecule has 0 saturated carbocycles. The number of furan rings is 1. The minimum absolute atomic E-state index is 0.207. The number of nitrogens with zero attached hydrogens (tertiary/aromatic N) is 1. The highest BCUT2D eigenvalue weighted by molar-refractivity contribution is 7.97. The van der Waals surface area contributed by atoms with E-state index in [1.807, 2.05) is 43.5 Å². The van der Waals surface area contributed by atoms with E-state index in [0.717, 1.165) is 33.7 Å². The van der Waals surface area contributed by atoms with Crippen LogP contribution in [-0.2, 0) is 12.3 Å². The quantitative estimate of drug-likeness (QED) is 0.758. The van der Waals surface area contributed by atoms with Crippen LogP contribution >= 0.6 is 11.8 Å². The van der Waals surface area contributed by atoms with Crippen LogP contribution in [-0.4, -0.2) is 22.4 Å². The molecule has 2 aromatic heterocycles. The SMILES string of the molecule is CSCc1c(C(=O)NCc2cc(C)[nH]n2)oc2ccccc12. The van der Waals surface area contributed by atoms with Crippen LogP contribution in [0.5, 0.6) is 0 Å². The number of hydrogen-bond donors (Lipinski definition) is 2. The molecule has 0 aliphatic carbocycles. The van der Waals surface area contributed by atoms with E-state index >= 15 is 0 Å². The molecule has 0 spiro atoms. The van der Waals surface area contributed by atoms with Crippen molar-refractivity contribution in [1.82, 2.24) is 15.5 Å². The summed E-state index contributed by atoms with van der Waals surface area (Å²) in [7, 11) is 0. The fourth-order valence-electron chi connectivity index (χ4n) is 2.39. The van der Waals surface area contributed by atoms with E-state index in [1.54, 1.807) is 11.8 Å². The number of nitrogens with one attached hydrogen (secondary N) is 2. The van der Waals surface area contributed by atoms with E-state index in [-0.39, 0.29) is 5.91 Å². The molecule has 3 aromatic rings. The number of carbonyl (C=O) groups excluding carboxylic acids is 1. The van der Waals surface area contributed by atoms with Gasteiger partial charge < -0.3 is 9.73 Å². The molecule has 0 unspecified atom stereocenters. The van der Waals surface area contributed by atoms with Gasteiger partial charge in [-0.2, -0.15) is 16.9 Å². The molecular formula is C16H17N3O2S. The van der Waals surface area contributed by atoms with Gasteiger partial charge in [0.05, 0.1) is 12.2 Å². The third-order valence-electron chi connectivity index (χ3n) is 3.38. The predicted molar refractivity (Wildman–Crippen MR) is 87.9 cm³/mol. The Morgan fingerprint density at radius 1 is 1.41 bits per heavy atom. The van der Waals surface area contributed by atoms with Crippen molar-refractivity contribution in [3.8, 4) is 0 Å². The minimum atomic E-state index is -0.207. The zero-order chi connectivity index (χ0) is 15.5. The molecule has 1 amide bonds. The van der Waals surface area contributed by atoms with Crippen LogP contribution in [0.4, 0.5) is 0 Å². The number of benzene rings is 1. The van der Waals surface area contributed by atoms with E-state index < -0.39 is 0 Å². The molecule has 0 atom stereocenters. The molecule has 22 heavy (non-hydrogen) atoms. The summed E-state index contributed by atoms with van der Waals surface area (Å²) in [6.45, 7) is 2.30. The van der Waals surface area contributed by atoms with Crippen molar-refractivity contribution in [2.45, 2.75) is 19.2 Å². The van der Waals surface area contributed by atoms with Gasteiger partial charge >= 0.3 is 0 Å². The third-order valence-corrected chi connectivity index (χ3v) is 3.96. The van der Waals surface area contributed by atoms with Crippen LogP contribution in [0.25, 0.3) is 11.0 Å². The molecule has 1 aromatic carbocycles. The summed E-state index contributed by atoms with van der Waals surface area (Å²) in [4.78, 5) is 12.4. The number of H-pyrrole nitrogens is 1. The van der Waals surface area contributed by atoms with E-state index in [9.17, 15) is 4.79 Å². The van der Waals surface area contributed by atoms with Crippen molar-refractivity contribution in [1.29, 1.82) is 0 Å². The fourth-order valence-corrected chi connectivity index (χ4v) is 2.96. The van der Waals surface area contributed by atoms with Crippen molar-refractivity contribution >= 4 is 28.6 Å². The number of rotatable bonds is 5. The third kappa shape index (κ3) is 2.87. The highest BCUT2D eigenvalue weighted by Crippen LogP contribution is 2.28. The Morgan fingerprint density at radius 2 is 2.23 bits per heavy atom. The summed E-state index contributed by atoms with van der Waals surface area (Å²) in [5.74, 6) is 0.921. The van der Waals surface area contributed by atoms with Crippen LogP contribution in [0.2, 0.25) is 0 Å². The number of para-hydroxylation sites is 1. The van der Waals surface area contributed by atoms with Crippen molar-refractivity contribution in [2.75, 3.05) is 6.26 Å². The lowest BCUT2D eigenvalue weighted by atomic mass is 10.1. The lowest BCUT2D eigenvalue weighted by molar-refractivity contribution is 0.0924. The number of hydrogen-bond acceptors (Lipinski definition) is 4. The Balaban J connectivity index is 1.84. The second-order valence-corrected chi connectivity index (χ2v) is 5.93. The zero-order valence-corrected chi connectivity index (χ0v) is 13.3. The van der Waals surface area contributed by atoms with Crippen molar-refractivity contribution in [3.05, 3.63) is 53.0 Å². The normalized spacial score (nSPS) is 11.0. The molecule has 0 saturated heterocycles. The van der Waals surface area contributed by atoms with Crippen molar-refractivity contribution in [3.63, 3.8) is 0 Å². The Kier molecular flexibility index (Phi) is 4.20. The molecule has 0 aliphatic rings. The summed E-state index contributed by atoms with van der Waals surface area (Å²) in [6.07, 6.45) is 2.01. The Morgan fingerprint density at radius 3 is 2.95 bits per heavy atom. The maximum absolute atomic E-state index is 12.4. The smallest absolute Gasteiger partial charge is 0.287 e. The van der Waals surface area contributed by atoms with Gasteiger partial charge in [0.15, 0.2) is 5.76 Å². The molecule has 0 radical (unpaired) electrons. The lowest BCUT2D eigenvalue weighted by Crippen LogP contribution is -2.23. The summed E-state index contributed by atoms with van der Waals surface area (Å²) in [6, 6.07) is 9.63. The first-order chi connectivity index (χ1) is 10.7. The average Bonchev–Trinajstić information content (AvgIpc) is 3.10. The highest BCUT2D eigenvalue weighted by Gasteiger charge is 2.19. The summed E-state index contributed by atoms with van der Waals surface area (Å²) in [5.41, 5.74) is 3.45. The summed E-state index contributed by atoms with van der Waals surface area (Å²) < 4.78 is 5.75. The maximum atomic E-state index is 12.4. The van der Waals surface area contributed by atoms with E-state index in [0.29, 0.717) is 12.3 Å². The highest BCUT2D eigenvalue weighted by atomic mass is 32.2. The molecule has 6 heteroatoms. The zero-order valence-electron chi connectivity index (χ0n) is 12.5. The first-order valence-electron chi connectivity index (χ1n) is 6.97. The van der Waals surface area contributed by atoms with Gasteiger partial charge in [-0.15, -0.1) is 0 Å². The maximum Gasteiger partial charge on any atom is 0.287 e. The van der Waals surface area contributed by atoms with Gasteiger partial charge in [-0.05, 0) is 25.3 Å². The largest absolute Gasteiger partial charge is 0.451 e. The number of fused-ring (bicyclic) bond motifs is 1. The second kappa shape index (κ2) is 6.27. The van der Waals surface area contributed by atoms with E-state index in [1.165, 1.54) is 0 Å².